The van der Waals surface area contributed by atoms with Crippen molar-refractivity contribution in [1.29, 1.82) is 0 Å². The minimum atomic E-state index is -4.61. The highest BCUT2D eigenvalue weighted by Crippen LogP contribution is 2.29. The largest absolute Gasteiger partial charge is 0.481 e. The molecule has 1 N–H and O–H groups in total. The summed E-state index contributed by atoms with van der Waals surface area (Å²) in [5, 5.41) is 6.02. The second-order valence-corrected chi connectivity index (χ2v) is 6.77. The lowest BCUT2D eigenvalue weighted by Crippen LogP contribution is -2.27. The van der Waals surface area contributed by atoms with E-state index in [0.717, 1.165) is 21.2 Å². The van der Waals surface area contributed by atoms with Crippen LogP contribution >= 0.6 is 11.5 Å². The van der Waals surface area contributed by atoms with Gasteiger partial charge in [-0.3, -0.25) is 9.48 Å². The summed E-state index contributed by atoms with van der Waals surface area (Å²) in [6.07, 6.45) is -3.01. The highest BCUT2D eigenvalue weighted by Gasteiger charge is 2.35. The van der Waals surface area contributed by atoms with Crippen molar-refractivity contribution in [2.75, 3.05) is 7.11 Å². The normalized spacial score (nSPS) is 12.6. The van der Waals surface area contributed by atoms with Gasteiger partial charge in [-0.25, -0.2) is 4.98 Å². The molecule has 11 heteroatoms. The second-order valence-electron chi connectivity index (χ2n) is 5.93. The van der Waals surface area contributed by atoms with Crippen LogP contribution in [0.4, 0.5) is 13.2 Å². The van der Waals surface area contributed by atoms with E-state index in [9.17, 15) is 18.0 Å². The molecule has 0 spiro atoms. The number of hydrogen-bond donors (Lipinski definition) is 1. The predicted octanol–water partition coefficient (Wildman–Crippen LogP) is 3.46. The fourth-order valence-electron chi connectivity index (χ4n) is 2.47. The number of halogens is 3. The number of pyridine rings is 1. The van der Waals surface area contributed by atoms with Gasteiger partial charge >= 0.3 is 6.18 Å². The van der Waals surface area contributed by atoms with E-state index in [1.807, 2.05) is 0 Å². The van der Waals surface area contributed by atoms with Crippen molar-refractivity contribution >= 4 is 17.4 Å². The lowest BCUT2D eigenvalue weighted by molar-refractivity contribution is -0.141. The van der Waals surface area contributed by atoms with Gasteiger partial charge in [-0.15, -0.1) is 0 Å². The van der Waals surface area contributed by atoms with E-state index in [1.165, 1.54) is 25.7 Å². The average Bonchev–Trinajstić information content (AvgIpc) is 3.28. The number of aryl methyl sites for hydroxylation is 1. The highest BCUT2D eigenvalue weighted by molar-refractivity contribution is 7.06. The maximum atomic E-state index is 12.8. The summed E-state index contributed by atoms with van der Waals surface area (Å²) in [6, 6.07) is 5.58. The fourth-order valence-corrected chi connectivity index (χ4v) is 3.21. The van der Waals surface area contributed by atoms with Crippen molar-refractivity contribution in [3.05, 3.63) is 46.7 Å². The fraction of sp³-hybridized carbons (Fsp3) is 0.294. The number of carbonyl (C=O) groups excluding carboxylic acids is 1. The van der Waals surface area contributed by atoms with Crippen LogP contribution in [-0.4, -0.2) is 32.2 Å². The van der Waals surface area contributed by atoms with E-state index in [4.69, 9.17) is 4.74 Å². The van der Waals surface area contributed by atoms with Crippen LogP contribution in [-0.2, 0) is 13.2 Å². The van der Waals surface area contributed by atoms with Crippen LogP contribution in [0, 0.1) is 0 Å². The van der Waals surface area contributed by atoms with Crippen LogP contribution < -0.4 is 10.1 Å². The molecule has 0 fully saturated rings. The van der Waals surface area contributed by atoms with Crippen LogP contribution in [0.15, 0.2) is 30.5 Å². The summed E-state index contributed by atoms with van der Waals surface area (Å²) < 4.78 is 48.6. The molecule has 1 unspecified atom stereocenters. The zero-order valence-electron chi connectivity index (χ0n) is 15.1. The van der Waals surface area contributed by atoms with Crippen molar-refractivity contribution in [2.45, 2.75) is 19.1 Å². The number of hydrogen-bond acceptors (Lipinski definition) is 6. The first-order valence-electron chi connectivity index (χ1n) is 8.08. The minimum absolute atomic E-state index is 0.178. The first-order valence-corrected chi connectivity index (χ1v) is 8.85. The van der Waals surface area contributed by atoms with Gasteiger partial charge in [0.15, 0.2) is 5.69 Å². The summed E-state index contributed by atoms with van der Waals surface area (Å²) in [6.45, 7) is 1.73. The molecule has 3 rings (SSSR count). The molecule has 1 amide bonds. The third-order valence-corrected chi connectivity index (χ3v) is 4.92. The Hall–Kier alpha value is -2.95. The summed E-state index contributed by atoms with van der Waals surface area (Å²) in [4.78, 5) is 17.2. The topological polar surface area (TPSA) is 81.9 Å². The van der Waals surface area contributed by atoms with Gasteiger partial charge < -0.3 is 10.1 Å². The number of methoxy groups -OCH3 is 1. The van der Waals surface area contributed by atoms with Gasteiger partial charge in [-0.05, 0) is 30.6 Å². The Balaban J connectivity index is 1.75. The lowest BCUT2D eigenvalue weighted by Gasteiger charge is -2.11. The molecule has 0 radical (unpaired) electrons. The monoisotopic (exact) mass is 411 g/mol. The molecule has 1 atom stereocenters. The molecule has 0 saturated heterocycles. The van der Waals surface area contributed by atoms with E-state index < -0.39 is 23.8 Å². The summed E-state index contributed by atoms with van der Waals surface area (Å²) in [7, 11) is 2.80. The SMILES string of the molecule is COc1cc(-c2cc(C(C)NC(=O)c3cc(C(F)(F)F)nn3C)sn2)ccn1. The molecular formula is C17H16F3N5O2S. The standard InChI is InChI=1S/C17H16F3N5O2S/c1-9(22-16(26)12-8-14(17(18,19)20)23-25(12)2)13-7-11(24-28-13)10-4-5-21-15(6-10)27-3/h4-9H,1-3H3,(H,22,26). The Morgan fingerprint density at radius 1 is 1.32 bits per heavy atom. The van der Waals surface area contributed by atoms with Crippen molar-refractivity contribution < 1.29 is 22.7 Å². The molecule has 7 nitrogen and oxygen atoms in total. The molecule has 0 aromatic carbocycles. The molecule has 3 heterocycles. The van der Waals surface area contributed by atoms with Gasteiger partial charge in [0.2, 0.25) is 5.88 Å². The highest BCUT2D eigenvalue weighted by atomic mass is 32.1. The zero-order valence-corrected chi connectivity index (χ0v) is 15.9. The number of carbonyl (C=O) groups is 1. The van der Waals surface area contributed by atoms with Gasteiger partial charge in [-0.2, -0.15) is 22.6 Å². The number of rotatable bonds is 5. The van der Waals surface area contributed by atoms with E-state index >= 15 is 0 Å². The third-order valence-electron chi connectivity index (χ3n) is 3.95. The van der Waals surface area contributed by atoms with Crippen molar-refractivity contribution in [3.63, 3.8) is 0 Å². The maximum absolute atomic E-state index is 12.8. The van der Waals surface area contributed by atoms with Gasteiger partial charge in [0.1, 0.15) is 5.69 Å². The number of ether oxygens (including phenoxy) is 1. The van der Waals surface area contributed by atoms with Crippen LogP contribution in [0.1, 0.15) is 34.0 Å². The Morgan fingerprint density at radius 2 is 2.07 bits per heavy atom. The van der Waals surface area contributed by atoms with Crippen molar-refractivity contribution in [1.82, 2.24) is 24.5 Å². The number of nitrogens with one attached hydrogen (secondary N) is 1. The Bertz CT molecular complexity index is 999. The van der Waals surface area contributed by atoms with Gasteiger partial charge in [0.25, 0.3) is 5.91 Å². The smallest absolute Gasteiger partial charge is 0.435 e. The van der Waals surface area contributed by atoms with Crippen molar-refractivity contribution in [2.24, 2.45) is 7.05 Å². The lowest BCUT2D eigenvalue weighted by atomic mass is 10.1. The minimum Gasteiger partial charge on any atom is -0.481 e. The number of nitrogens with zero attached hydrogens (tertiary/aromatic N) is 4. The first kappa shape index (κ1) is 19.8. The molecule has 3 aromatic heterocycles. The molecule has 0 saturated carbocycles. The number of amides is 1. The summed E-state index contributed by atoms with van der Waals surface area (Å²) >= 11 is 1.19. The van der Waals surface area contributed by atoms with Crippen LogP contribution in [0.3, 0.4) is 0 Å². The Morgan fingerprint density at radius 3 is 2.71 bits per heavy atom. The van der Waals surface area contributed by atoms with Crippen LogP contribution in [0.2, 0.25) is 0 Å². The quantitative estimate of drug-likeness (QED) is 0.695. The zero-order chi connectivity index (χ0) is 20.5. The Labute approximate surface area is 162 Å². The summed E-state index contributed by atoms with van der Waals surface area (Å²) in [5.74, 6) is -0.205. The molecule has 148 valence electrons. The third kappa shape index (κ3) is 4.14. The number of alkyl halides is 3. The molecule has 0 aliphatic carbocycles. The first-order chi connectivity index (χ1) is 13.2. The second kappa shape index (κ2) is 7.58. The van der Waals surface area contributed by atoms with E-state index in [2.05, 4.69) is 19.8 Å². The van der Waals surface area contributed by atoms with E-state index in [1.54, 1.807) is 31.3 Å². The van der Waals surface area contributed by atoms with Crippen LogP contribution in [0.25, 0.3) is 11.3 Å². The van der Waals surface area contributed by atoms with Crippen LogP contribution in [0.5, 0.6) is 5.88 Å². The Kier molecular flexibility index (Phi) is 5.36. The summed E-state index contributed by atoms with van der Waals surface area (Å²) in [5.41, 5.74) is 0.193. The molecule has 0 aliphatic heterocycles. The van der Waals surface area contributed by atoms with Crippen molar-refractivity contribution in [3.8, 4) is 17.1 Å². The molecule has 0 aliphatic rings. The molecule has 3 aromatic rings. The average molecular weight is 411 g/mol. The molecule has 28 heavy (non-hydrogen) atoms. The maximum Gasteiger partial charge on any atom is 0.435 e. The van der Waals surface area contributed by atoms with E-state index in [-0.39, 0.29) is 5.69 Å². The van der Waals surface area contributed by atoms with Gasteiger partial charge in [-0.1, -0.05) is 0 Å². The molecule has 0 bridgehead atoms. The van der Waals surface area contributed by atoms with E-state index in [0.29, 0.717) is 11.6 Å². The predicted molar refractivity (Wildman–Crippen MR) is 96.0 cm³/mol. The molecular weight excluding hydrogens is 395 g/mol. The number of aromatic nitrogens is 4. The van der Waals surface area contributed by atoms with Gasteiger partial charge in [0, 0.05) is 35.8 Å². The van der Waals surface area contributed by atoms with Gasteiger partial charge in [0.05, 0.1) is 18.8 Å².